The van der Waals surface area contributed by atoms with Crippen LogP contribution in [0.5, 0.6) is 0 Å². The van der Waals surface area contributed by atoms with E-state index in [2.05, 4.69) is 13.8 Å². The molecule has 0 bridgehead atoms. The number of ether oxygens (including phenoxy) is 1. The lowest BCUT2D eigenvalue weighted by molar-refractivity contribution is -0.971. The van der Waals surface area contributed by atoms with Crippen molar-refractivity contribution in [3.05, 3.63) is 0 Å². The highest BCUT2D eigenvalue weighted by Gasteiger charge is 2.33. The van der Waals surface area contributed by atoms with Crippen molar-refractivity contribution in [2.24, 2.45) is 0 Å². The maximum absolute atomic E-state index is 5.46. The van der Waals surface area contributed by atoms with Crippen molar-refractivity contribution < 1.29 is 9.22 Å². The molecule has 0 amide bonds. The lowest BCUT2D eigenvalue weighted by atomic mass is 10.1. The predicted molar refractivity (Wildman–Crippen MR) is 50.9 cm³/mol. The van der Waals surface area contributed by atoms with E-state index in [1.165, 1.54) is 43.4 Å². The van der Waals surface area contributed by atoms with Gasteiger partial charge in [0.1, 0.15) is 0 Å². The van der Waals surface area contributed by atoms with Crippen LogP contribution in [-0.2, 0) is 4.74 Å². The lowest BCUT2D eigenvalue weighted by Gasteiger charge is -2.44. The Morgan fingerprint density at radius 1 is 1.25 bits per heavy atom. The molecule has 0 aromatic carbocycles. The Morgan fingerprint density at radius 3 is 2.25 bits per heavy atom. The zero-order valence-electron chi connectivity index (χ0n) is 8.68. The number of methoxy groups -OCH3 is 1. The number of rotatable bonds is 3. The summed E-state index contributed by atoms with van der Waals surface area (Å²) in [6.45, 7) is 8.32. The number of likely N-dealkylation sites (tertiary alicyclic amines) is 1. The van der Waals surface area contributed by atoms with E-state index in [0.717, 1.165) is 0 Å². The summed E-state index contributed by atoms with van der Waals surface area (Å²) in [7, 11) is 1.83. The first kappa shape index (κ1) is 10.0. The van der Waals surface area contributed by atoms with Crippen LogP contribution in [0.2, 0.25) is 0 Å². The Labute approximate surface area is 76.1 Å². The quantitative estimate of drug-likeness (QED) is 0.592. The Balaban J connectivity index is 2.59. The van der Waals surface area contributed by atoms with Crippen molar-refractivity contribution in [3.8, 4) is 0 Å². The van der Waals surface area contributed by atoms with E-state index < -0.39 is 0 Å². The number of hydrogen-bond donors (Lipinski definition) is 0. The van der Waals surface area contributed by atoms with Crippen LogP contribution in [-0.4, -0.2) is 37.5 Å². The molecule has 1 saturated heterocycles. The first-order valence-electron chi connectivity index (χ1n) is 5.14. The van der Waals surface area contributed by atoms with Crippen LogP contribution in [0, 0.1) is 0 Å². The van der Waals surface area contributed by atoms with Gasteiger partial charge in [-0.2, -0.15) is 0 Å². The van der Waals surface area contributed by atoms with Gasteiger partial charge in [0.25, 0.3) is 0 Å². The van der Waals surface area contributed by atoms with Crippen molar-refractivity contribution in [1.29, 1.82) is 0 Å². The fraction of sp³-hybridized carbons (Fsp3) is 1.00. The normalized spacial score (nSPS) is 25.2. The molecule has 1 aliphatic heterocycles. The molecule has 1 fully saturated rings. The molecule has 0 N–H and O–H groups in total. The van der Waals surface area contributed by atoms with Crippen molar-refractivity contribution in [1.82, 2.24) is 0 Å². The summed E-state index contributed by atoms with van der Waals surface area (Å²) >= 11 is 0. The molecular formula is C10H22NO+. The summed E-state index contributed by atoms with van der Waals surface area (Å²) in [6.07, 6.45) is 4.55. The van der Waals surface area contributed by atoms with Gasteiger partial charge in [-0.05, 0) is 26.2 Å². The molecule has 12 heavy (non-hydrogen) atoms. The molecule has 1 heterocycles. The maximum Gasteiger partial charge on any atom is 0.190 e. The number of quaternary nitrogens is 1. The Morgan fingerprint density at radius 2 is 1.83 bits per heavy atom. The number of nitrogens with zero attached hydrogens (tertiary/aromatic N) is 1. The summed E-state index contributed by atoms with van der Waals surface area (Å²) in [5, 5.41) is 0. The Hall–Kier alpha value is -0.0800. The second-order valence-electron chi connectivity index (χ2n) is 3.88. The van der Waals surface area contributed by atoms with Gasteiger partial charge in [-0.1, -0.05) is 0 Å². The molecule has 1 unspecified atom stereocenters. The molecule has 2 nitrogen and oxygen atoms in total. The summed E-state index contributed by atoms with van der Waals surface area (Å²) < 4.78 is 6.63. The first-order valence-corrected chi connectivity index (χ1v) is 5.14. The summed E-state index contributed by atoms with van der Waals surface area (Å²) in [6, 6.07) is 0. The summed E-state index contributed by atoms with van der Waals surface area (Å²) in [4.78, 5) is 0. The van der Waals surface area contributed by atoms with E-state index in [1.807, 2.05) is 7.11 Å². The minimum absolute atomic E-state index is 0.385. The van der Waals surface area contributed by atoms with Crippen LogP contribution >= 0.6 is 0 Å². The van der Waals surface area contributed by atoms with Gasteiger partial charge in [-0.25, -0.2) is 0 Å². The first-order chi connectivity index (χ1) is 5.75. The topological polar surface area (TPSA) is 9.23 Å². The molecule has 0 saturated carbocycles. The number of hydrogen-bond acceptors (Lipinski definition) is 1. The van der Waals surface area contributed by atoms with Crippen LogP contribution in [0.4, 0.5) is 0 Å². The maximum atomic E-state index is 5.46. The van der Waals surface area contributed by atoms with Crippen LogP contribution in [0.25, 0.3) is 0 Å². The highest BCUT2D eigenvalue weighted by atomic mass is 16.5. The van der Waals surface area contributed by atoms with Crippen molar-refractivity contribution in [2.45, 2.75) is 39.3 Å². The monoisotopic (exact) mass is 172 g/mol. The van der Waals surface area contributed by atoms with Crippen LogP contribution in [0.15, 0.2) is 0 Å². The highest BCUT2D eigenvalue weighted by Crippen LogP contribution is 2.22. The third-order valence-corrected chi connectivity index (χ3v) is 3.45. The van der Waals surface area contributed by atoms with Gasteiger partial charge >= 0.3 is 0 Å². The third-order valence-electron chi connectivity index (χ3n) is 3.45. The zero-order valence-corrected chi connectivity index (χ0v) is 8.68. The van der Waals surface area contributed by atoms with Crippen LogP contribution in [0.3, 0.4) is 0 Å². The second kappa shape index (κ2) is 4.24. The molecular weight excluding hydrogens is 150 g/mol. The molecule has 2 heteroatoms. The van der Waals surface area contributed by atoms with Crippen LogP contribution < -0.4 is 0 Å². The fourth-order valence-corrected chi connectivity index (χ4v) is 2.30. The minimum Gasteiger partial charge on any atom is -0.333 e. The average molecular weight is 172 g/mol. The smallest absolute Gasteiger partial charge is 0.190 e. The van der Waals surface area contributed by atoms with E-state index in [0.29, 0.717) is 6.23 Å². The molecule has 0 aromatic rings. The van der Waals surface area contributed by atoms with Crippen molar-refractivity contribution >= 4 is 0 Å². The highest BCUT2D eigenvalue weighted by molar-refractivity contribution is 4.54. The van der Waals surface area contributed by atoms with E-state index in [1.54, 1.807) is 0 Å². The third kappa shape index (κ3) is 1.80. The molecule has 0 aromatic heterocycles. The van der Waals surface area contributed by atoms with Gasteiger partial charge in [0, 0.05) is 14.0 Å². The second-order valence-corrected chi connectivity index (χ2v) is 3.88. The van der Waals surface area contributed by atoms with E-state index in [4.69, 9.17) is 4.74 Å². The zero-order chi connectivity index (χ0) is 9.03. The van der Waals surface area contributed by atoms with Crippen molar-refractivity contribution in [3.63, 3.8) is 0 Å². The molecule has 1 rings (SSSR count). The molecule has 0 aliphatic carbocycles. The summed E-state index contributed by atoms with van der Waals surface area (Å²) in [5.41, 5.74) is 0. The Kier molecular flexibility index (Phi) is 3.53. The molecule has 0 spiro atoms. The van der Waals surface area contributed by atoms with E-state index in [-0.39, 0.29) is 0 Å². The standard InChI is InChI=1S/C10H22NO/c1-4-11(10(2)12-3)8-6-5-7-9-11/h10H,4-9H2,1-3H3/q+1. The van der Waals surface area contributed by atoms with Crippen LogP contribution in [0.1, 0.15) is 33.1 Å². The van der Waals surface area contributed by atoms with E-state index >= 15 is 0 Å². The molecule has 0 radical (unpaired) electrons. The fourth-order valence-electron chi connectivity index (χ4n) is 2.30. The van der Waals surface area contributed by atoms with Gasteiger partial charge in [0.2, 0.25) is 0 Å². The molecule has 72 valence electrons. The average Bonchev–Trinajstić information content (AvgIpc) is 2.17. The van der Waals surface area contributed by atoms with Gasteiger partial charge in [0.15, 0.2) is 6.23 Å². The molecule has 1 atom stereocenters. The number of piperidine rings is 1. The largest absolute Gasteiger partial charge is 0.333 e. The van der Waals surface area contributed by atoms with Gasteiger partial charge in [-0.3, -0.25) is 4.48 Å². The van der Waals surface area contributed by atoms with Gasteiger partial charge < -0.3 is 4.74 Å². The SMILES string of the molecule is CC[N+]1(C(C)OC)CCCCC1. The van der Waals surface area contributed by atoms with Crippen molar-refractivity contribution in [2.75, 3.05) is 26.7 Å². The lowest BCUT2D eigenvalue weighted by Crippen LogP contribution is -2.57. The summed E-state index contributed by atoms with van der Waals surface area (Å²) in [5.74, 6) is 0. The minimum atomic E-state index is 0.385. The van der Waals surface area contributed by atoms with Gasteiger partial charge in [-0.15, -0.1) is 0 Å². The van der Waals surface area contributed by atoms with E-state index in [9.17, 15) is 0 Å². The Bertz CT molecular complexity index is 130. The predicted octanol–water partition coefficient (Wildman–Crippen LogP) is 2.00. The van der Waals surface area contributed by atoms with Gasteiger partial charge in [0.05, 0.1) is 19.6 Å². The molecule has 1 aliphatic rings.